The molecule has 0 saturated heterocycles. The van der Waals surface area contributed by atoms with E-state index in [0.29, 0.717) is 13.0 Å². The SMILES string of the molecule is CCCCCCCCC=CCCCCCCCC(=O)OCCCCCCCCCCCCC(C)C. The lowest BCUT2D eigenvalue weighted by Crippen LogP contribution is -2.05. The van der Waals surface area contributed by atoms with E-state index < -0.39 is 0 Å². The molecule has 35 heavy (non-hydrogen) atoms. The van der Waals surface area contributed by atoms with Crippen LogP contribution in [0.4, 0.5) is 0 Å². The Morgan fingerprint density at radius 1 is 0.571 bits per heavy atom. The van der Waals surface area contributed by atoms with Crippen LogP contribution < -0.4 is 0 Å². The molecule has 0 unspecified atom stereocenters. The molecule has 0 aliphatic heterocycles. The molecule has 2 heteroatoms. The summed E-state index contributed by atoms with van der Waals surface area (Å²) in [6.07, 6.45) is 36.8. The summed E-state index contributed by atoms with van der Waals surface area (Å²) < 4.78 is 5.41. The topological polar surface area (TPSA) is 26.3 Å². The number of esters is 1. The summed E-state index contributed by atoms with van der Waals surface area (Å²) in [5, 5.41) is 0. The van der Waals surface area contributed by atoms with Gasteiger partial charge in [-0.3, -0.25) is 4.79 Å². The van der Waals surface area contributed by atoms with Gasteiger partial charge in [0, 0.05) is 6.42 Å². The Kier molecular flexibility index (Phi) is 28.8. The predicted molar refractivity (Wildman–Crippen MR) is 156 cm³/mol. The highest BCUT2D eigenvalue weighted by atomic mass is 16.5. The van der Waals surface area contributed by atoms with Gasteiger partial charge in [-0.05, 0) is 44.4 Å². The average Bonchev–Trinajstić information content (AvgIpc) is 2.84. The maximum absolute atomic E-state index is 11.9. The number of unbranched alkanes of at least 4 members (excludes halogenated alkanes) is 20. The summed E-state index contributed by atoms with van der Waals surface area (Å²) in [5.41, 5.74) is 0. The van der Waals surface area contributed by atoms with Gasteiger partial charge in [0.05, 0.1) is 6.61 Å². The monoisotopic (exact) mass is 492 g/mol. The van der Waals surface area contributed by atoms with Crippen LogP contribution in [0.25, 0.3) is 0 Å². The second-order valence-electron chi connectivity index (χ2n) is 11.3. The highest BCUT2D eigenvalue weighted by Gasteiger charge is 2.02. The molecule has 0 rings (SSSR count). The van der Waals surface area contributed by atoms with Crippen molar-refractivity contribution in [3.8, 4) is 0 Å². The number of ether oxygens (including phenoxy) is 1. The van der Waals surface area contributed by atoms with Crippen LogP contribution in [0, 0.1) is 5.92 Å². The second kappa shape index (κ2) is 29.4. The summed E-state index contributed by atoms with van der Waals surface area (Å²) in [7, 11) is 0. The minimum atomic E-state index is 0.0140. The molecule has 0 bridgehead atoms. The number of hydrogen-bond donors (Lipinski definition) is 0. The molecule has 0 radical (unpaired) electrons. The first kappa shape index (κ1) is 34.2. The molecular formula is C33H64O2. The Hall–Kier alpha value is -0.790. The van der Waals surface area contributed by atoms with Gasteiger partial charge in [-0.25, -0.2) is 0 Å². The van der Waals surface area contributed by atoms with Gasteiger partial charge in [0.1, 0.15) is 0 Å². The van der Waals surface area contributed by atoms with E-state index in [1.807, 2.05) is 0 Å². The highest BCUT2D eigenvalue weighted by molar-refractivity contribution is 5.69. The van der Waals surface area contributed by atoms with Gasteiger partial charge in [-0.15, -0.1) is 0 Å². The fraction of sp³-hybridized carbons (Fsp3) is 0.909. The van der Waals surface area contributed by atoms with Crippen LogP contribution >= 0.6 is 0 Å². The highest BCUT2D eigenvalue weighted by Crippen LogP contribution is 2.14. The molecule has 0 aromatic rings. The van der Waals surface area contributed by atoms with Crippen LogP contribution in [0.3, 0.4) is 0 Å². The summed E-state index contributed by atoms with van der Waals surface area (Å²) in [4.78, 5) is 11.9. The molecule has 208 valence electrons. The molecule has 2 nitrogen and oxygen atoms in total. The minimum Gasteiger partial charge on any atom is -0.466 e. The molecule has 0 heterocycles. The van der Waals surface area contributed by atoms with Crippen molar-refractivity contribution in [1.29, 1.82) is 0 Å². The summed E-state index contributed by atoms with van der Waals surface area (Å²) in [6.45, 7) is 7.54. The Bertz CT molecular complexity index is 440. The van der Waals surface area contributed by atoms with Crippen LogP contribution in [-0.2, 0) is 9.53 Å². The molecule has 0 spiro atoms. The molecule has 0 amide bonds. The number of carbonyl (C=O) groups excluding carboxylic acids is 1. The predicted octanol–water partition coefficient (Wildman–Crippen LogP) is 11.5. The first-order chi connectivity index (χ1) is 17.2. The Morgan fingerprint density at radius 2 is 1.00 bits per heavy atom. The number of hydrogen-bond acceptors (Lipinski definition) is 2. The van der Waals surface area contributed by atoms with Crippen molar-refractivity contribution in [3.05, 3.63) is 12.2 Å². The molecule has 0 saturated carbocycles. The molecule has 0 aliphatic rings. The Labute approximate surface area is 221 Å². The minimum absolute atomic E-state index is 0.0140. The zero-order valence-electron chi connectivity index (χ0n) is 24.4. The van der Waals surface area contributed by atoms with Crippen molar-refractivity contribution in [2.75, 3.05) is 6.61 Å². The normalized spacial score (nSPS) is 11.7. The van der Waals surface area contributed by atoms with Crippen LogP contribution in [0.15, 0.2) is 12.2 Å². The van der Waals surface area contributed by atoms with Crippen LogP contribution in [0.2, 0.25) is 0 Å². The molecular weight excluding hydrogens is 428 g/mol. The van der Waals surface area contributed by atoms with Crippen molar-refractivity contribution in [3.63, 3.8) is 0 Å². The quantitative estimate of drug-likeness (QED) is 0.0616. The summed E-state index contributed by atoms with van der Waals surface area (Å²) in [5.74, 6) is 0.876. The molecule has 0 atom stereocenters. The molecule has 0 aliphatic carbocycles. The van der Waals surface area contributed by atoms with E-state index >= 15 is 0 Å². The van der Waals surface area contributed by atoms with E-state index in [1.165, 1.54) is 135 Å². The second-order valence-corrected chi connectivity index (χ2v) is 11.3. The smallest absolute Gasteiger partial charge is 0.305 e. The lowest BCUT2D eigenvalue weighted by atomic mass is 10.0. The van der Waals surface area contributed by atoms with Crippen LogP contribution in [0.5, 0.6) is 0 Å². The summed E-state index contributed by atoms with van der Waals surface area (Å²) in [6, 6.07) is 0. The number of rotatable bonds is 28. The van der Waals surface area contributed by atoms with Gasteiger partial charge >= 0.3 is 5.97 Å². The van der Waals surface area contributed by atoms with Gasteiger partial charge < -0.3 is 4.74 Å². The molecule has 0 aromatic heterocycles. The Balaban J connectivity index is 3.20. The largest absolute Gasteiger partial charge is 0.466 e. The van der Waals surface area contributed by atoms with E-state index in [2.05, 4.69) is 32.9 Å². The fourth-order valence-electron chi connectivity index (χ4n) is 4.67. The number of carbonyl (C=O) groups is 1. The third kappa shape index (κ3) is 31.2. The van der Waals surface area contributed by atoms with Crippen LogP contribution in [0.1, 0.15) is 181 Å². The van der Waals surface area contributed by atoms with Crippen molar-refractivity contribution in [1.82, 2.24) is 0 Å². The number of allylic oxidation sites excluding steroid dienone is 2. The van der Waals surface area contributed by atoms with Crippen LogP contribution in [-0.4, -0.2) is 12.6 Å². The first-order valence-electron chi connectivity index (χ1n) is 16.0. The van der Waals surface area contributed by atoms with Crippen molar-refractivity contribution in [2.24, 2.45) is 5.92 Å². The maximum Gasteiger partial charge on any atom is 0.305 e. The first-order valence-corrected chi connectivity index (χ1v) is 16.0. The molecule has 0 N–H and O–H groups in total. The zero-order chi connectivity index (χ0) is 25.7. The van der Waals surface area contributed by atoms with E-state index in [4.69, 9.17) is 4.74 Å². The lowest BCUT2D eigenvalue weighted by molar-refractivity contribution is -0.143. The average molecular weight is 493 g/mol. The van der Waals surface area contributed by atoms with Gasteiger partial charge in [0.2, 0.25) is 0 Å². The standard InChI is InChI=1S/C33H64O2/c1-4-5-6-7-8-9-10-11-12-13-14-18-21-24-27-30-33(34)35-31-28-25-22-19-16-15-17-20-23-26-29-32(2)3/h11-12,32H,4-10,13-31H2,1-3H3. The molecule has 0 fully saturated rings. The summed E-state index contributed by atoms with van der Waals surface area (Å²) >= 11 is 0. The van der Waals surface area contributed by atoms with Gasteiger partial charge in [0.15, 0.2) is 0 Å². The van der Waals surface area contributed by atoms with E-state index in [9.17, 15) is 4.79 Å². The zero-order valence-corrected chi connectivity index (χ0v) is 24.4. The molecule has 0 aromatic carbocycles. The van der Waals surface area contributed by atoms with Crippen molar-refractivity contribution < 1.29 is 9.53 Å². The van der Waals surface area contributed by atoms with E-state index in [-0.39, 0.29) is 5.97 Å². The third-order valence-corrected chi connectivity index (χ3v) is 7.08. The van der Waals surface area contributed by atoms with Gasteiger partial charge in [0.25, 0.3) is 0 Å². The van der Waals surface area contributed by atoms with Crippen molar-refractivity contribution in [2.45, 2.75) is 181 Å². The van der Waals surface area contributed by atoms with Gasteiger partial charge in [-0.1, -0.05) is 148 Å². The maximum atomic E-state index is 11.9. The van der Waals surface area contributed by atoms with E-state index in [0.717, 1.165) is 25.2 Å². The Morgan fingerprint density at radius 3 is 1.51 bits per heavy atom. The lowest BCUT2D eigenvalue weighted by Gasteiger charge is -2.06. The fourth-order valence-corrected chi connectivity index (χ4v) is 4.67. The third-order valence-electron chi connectivity index (χ3n) is 7.08. The van der Waals surface area contributed by atoms with Gasteiger partial charge in [-0.2, -0.15) is 0 Å². The van der Waals surface area contributed by atoms with E-state index in [1.54, 1.807) is 0 Å². The van der Waals surface area contributed by atoms with Crippen molar-refractivity contribution >= 4 is 5.97 Å².